The normalized spacial score (nSPS) is 25.4. The Balaban J connectivity index is 2.18. The molecule has 0 amide bonds. The van der Waals surface area contributed by atoms with Gasteiger partial charge in [0.25, 0.3) is 0 Å². The van der Waals surface area contributed by atoms with Crippen LogP contribution in [-0.2, 0) is 0 Å². The number of nitrogens with zero attached hydrogens (tertiary/aromatic N) is 2. The third kappa shape index (κ3) is 3.03. The number of nitrogens with two attached hydrogens (primary N) is 1. The van der Waals surface area contributed by atoms with Crippen LogP contribution in [0.25, 0.3) is 0 Å². The summed E-state index contributed by atoms with van der Waals surface area (Å²) < 4.78 is 13.4. The Morgan fingerprint density at radius 1 is 1.40 bits per heavy atom. The van der Waals surface area contributed by atoms with Gasteiger partial charge in [0.05, 0.1) is 0 Å². The van der Waals surface area contributed by atoms with Crippen molar-refractivity contribution in [2.75, 3.05) is 33.7 Å². The number of hydrogen-bond donors (Lipinski definition) is 1. The molecule has 0 saturated carbocycles. The molecule has 1 saturated heterocycles. The smallest absolute Gasteiger partial charge is 0.126 e. The van der Waals surface area contributed by atoms with Crippen molar-refractivity contribution >= 4 is 0 Å². The molecule has 112 valence electrons. The molecule has 1 fully saturated rings. The van der Waals surface area contributed by atoms with Gasteiger partial charge in [-0.25, -0.2) is 4.39 Å². The van der Waals surface area contributed by atoms with E-state index in [9.17, 15) is 4.39 Å². The number of aryl methyl sites for hydroxylation is 1. The molecule has 1 aromatic rings. The second-order valence-electron chi connectivity index (χ2n) is 6.22. The molecule has 0 spiro atoms. The summed E-state index contributed by atoms with van der Waals surface area (Å²) in [5.74, 6) is 0.478. The van der Waals surface area contributed by atoms with Gasteiger partial charge < -0.3 is 10.6 Å². The maximum Gasteiger partial charge on any atom is 0.126 e. The van der Waals surface area contributed by atoms with E-state index < -0.39 is 0 Å². The Morgan fingerprint density at radius 2 is 2.10 bits per heavy atom. The van der Waals surface area contributed by atoms with Crippen molar-refractivity contribution in [1.82, 2.24) is 9.80 Å². The third-order valence-electron chi connectivity index (χ3n) is 4.50. The Morgan fingerprint density at radius 3 is 2.60 bits per heavy atom. The number of rotatable bonds is 4. The first-order valence-corrected chi connectivity index (χ1v) is 7.30. The predicted molar refractivity (Wildman–Crippen MR) is 81.1 cm³/mol. The maximum absolute atomic E-state index is 13.4. The molecule has 4 heteroatoms. The molecule has 2 rings (SSSR count). The fourth-order valence-electron chi connectivity index (χ4n) is 3.28. The summed E-state index contributed by atoms with van der Waals surface area (Å²) in [6.45, 7) is 6.72. The van der Waals surface area contributed by atoms with Gasteiger partial charge in [-0.05, 0) is 44.1 Å². The SMILES string of the molecule is Cc1cc(C(CN)N2CC(C)C(N(C)C)C2)ccc1F. The van der Waals surface area contributed by atoms with Crippen LogP contribution in [0.5, 0.6) is 0 Å². The van der Waals surface area contributed by atoms with Crippen LogP contribution < -0.4 is 5.73 Å². The molecule has 3 nitrogen and oxygen atoms in total. The Kier molecular flexibility index (Phi) is 4.78. The molecular formula is C16H26FN3. The molecule has 0 aromatic heterocycles. The fourth-order valence-corrected chi connectivity index (χ4v) is 3.28. The van der Waals surface area contributed by atoms with Crippen LogP contribution >= 0.6 is 0 Å². The molecule has 20 heavy (non-hydrogen) atoms. The highest BCUT2D eigenvalue weighted by atomic mass is 19.1. The van der Waals surface area contributed by atoms with Crippen molar-refractivity contribution in [3.8, 4) is 0 Å². The molecule has 1 heterocycles. The number of halogens is 1. The second kappa shape index (κ2) is 6.20. The monoisotopic (exact) mass is 279 g/mol. The van der Waals surface area contributed by atoms with Crippen LogP contribution in [0.4, 0.5) is 4.39 Å². The van der Waals surface area contributed by atoms with E-state index in [1.165, 1.54) is 0 Å². The van der Waals surface area contributed by atoms with E-state index >= 15 is 0 Å². The van der Waals surface area contributed by atoms with Crippen LogP contribution in [0.2, 0.25) is 0 Å². The summed E-state index contributed by atoms with van der Waals surface area (Å²) >= 11 is 0. The average Bonchev–Trinajstić information content (AvgIpc) is 2.77. The van der Waals surface area contributed by atoms with Crippen LogP contribution in [0, 0.1) is 18.7 Å². The lowest BCUT2D eigenvalue weighted by Gasteiger charge is -2.28. The van der Waals surface area contributed by atoms with E-state index in [4.69, 9.17) is 5.73 Å². The van der Waals surface area contributed by atoms with E-state index in [1.54, 1.807) is 6.07 Å². The molecule has 1 aromatic carbocycles. The van der Waals surface area contributed by atoms with Gasteiger partial charge in [0, 0.05) is 31.7 Å². The Labute approximate surface area is 121 Å². The predicted octanol–water partition coefficient (Wildman–Crippen LogP) is 2.02. The first kappa shape index (κ1) is 15.4. The van der Waals surface area contributed by atoms with Gasteiger partial charge in [-0.15, -0.1) is 0 Å². The van der Waals surface area contributed by atoms with E-state index in [0.29, 0.717) is 24.1 Å². The molecule has 3 atom stereocenters. The minimum atomic E-state index is -0.148. The largest absolute Gasteiger partial charge is 0.329 e. The van der Waals surface area contributed by atoms with Crippen molar-refractivity contribution in [2.45, 2.75) is 25.9 Å². The van der Waals surface area contributed by atoms with Crippen LogP contribution in [0.1, 0.15) is 24.1 Å². The second-order valence-corrected chi connectivity index (χ2v) is 6.22. The van der Waals surface area contributed by atoms with E-state index in [-0.39, 0.29) is 11.9 Å². The zero-order valence-electron chi connectivity index (χ0n) is 12.9. The van der Waals surface area contributed by atoms with Crippen molar-refractivity contribution in [1.29, 1.82) is 0 Å². The maximum atomic E-state index is 13.4. The summed E-state index contributed by atoms with van der Waals surface area (Å²) in [6, 6.07) is 6.09. The molecule has 0 radical (unpaired) electrons. The van der Waals surface area contributed by atoms with Gasteiger partial charge in [0.2, 0.25) is 0 Å². The van der Waals surface area contributed by atoms with Gasteiger partial charge in [-0.1, -0.05) is 19.1 Å². The first-order chi connectivity index (χ1) is 9.43. The molecule has 1 aliphatic heterocycles. The molecule has 1 aliphatic rings. The summed E-state index contributed by atoms with van der Waals surface area (Å²) in [5.41, 5.74) is 7.81. The summed E-state index contributed by atoms with van der Waals surface area (Å²) in [5, 5.41) is 0. The lowest BCUT2D eigenvalue weighted by molar-refractivity contribution is 0.219. The molecule has 0 aliphatic carbocycles. The lowest BCUT2D eigenvalue weighted by atomic mass is 10.0. The van der Waals surface area contributed by atoms with Gasteiger partial charge in [-0.3, -0.25) is 4.90 Å². The zero-order chi connectivity index (χ0) is 14.9. The quantitative estimate of drug-likeness (QED) is 0.915. The summed E-state index contributed by atoms with van der Waals surface area (Å²) in [4.78, 5) is 4.72. The van der Waals surface area contributed by atoms with Gasteiger partial charge in [-0.2, -0.15) is 0 Å². The Hall–Kier alpha value is -0.970. The number of benzene rings is 1. The average molecular weight is 279 g/mol. The highest BCUT2D eigenvalue weighted by molar-refractivity contribution is 5.27. The van der Waals surface area contributed by atoms with E-state index in [0.717, 1.165) is 18.7 Å². The highest BCUT2D eigenvalue weighted by Gasteiger charge is 2.34. The van der Waals surface area contributed by atoms with Crippen molar-refractivity contribution in [2.24, 2.45) is 11.7 Å². The minimum absolute atomic E-state index is 0.148. The Bertz CT molecular complexity index is 461. The highest BCUT2D eigenvalue weighted by Crippen LogP contribution is 2.29. The van der Waals surface area contributed by atoms with Crippen molar-refractivity contribution < 1.29 is 4.39 Å². The fraction of sp³-hybridized carbons (Fsp3) is 0.625. The van der Waals surface area contributed by atoms with Gasteiger partial charge in [0.15, 0.2) is 0 Å². The zero-order valence-corrected chi connectivity index (χ0v) is 12.9. The first-order valence-electron chi connectivity index (χ1n) is 7.30. The van der Waals surface area contributed by atoms with Crippen LogP contribution in [-0.4, -0.2) is 49.6 Å². The van der Waals surface area contributed by atoms with Gasteiger partial charge >= 0.3 is 0 Å². The molecule has 3 unspecified atom stereocenters. The summed E-state index contributed by atoms with van der Waals surface area (Å²) in [7, 11) is 4.26. The lowest BCUT2D eigenvalue weighted by Crippen LogP contribution is -2.36. The topological polar surface area (TPSA) is 32.5 Å². The van der Waals surface area contributed by atoms with E-state index in [1.807, 2.05) is 19.1 Å². The third-order valence-corrected chi connectivity index (χ3v) is 4.50. The summed E-state index contributed by atoms with van der Waals surface area (Å²) in [6.07, 6.45) is 0. The minimum Gasteiger partial charge on any atom is -0.329 e. The number of likely N-dealkylation sites (tertiary alicyclic amines) is 1. The van der Waals surface area contributed by atoms with Crippen molar-refractivity contribution in [3.05, 3.63) is 35.1 Å². The van der Waals surface area contributed by atoms with Crippen LogP contribution in [0.3, 0.4) is 0 Å². The molecule has 2 N–H and O–H groups in total. The number of likely N-dealkylation sites (N-methyl/N-ethyl adjacent to an activating group) is 1. The molecular weight excluding hydrogens is 253 g/mol. The molecule has 0 bridgehead atoms. The van der Waals surface area contributed by atoms with Crippen molar-refractivity contribution in [3.63, 3.8) is 0 Å². The standard InChI is InChI=1S/C16H26FN3/c1-11-7-13(5-6-14(11)17)15(8-18)20-9-12(2)16(10-20)19(3)4/h5-7,12,15-16H,8-10,18H2,1-4H3. The number of hydrogen-bond acceptors (Lipinski definition) is 3. The van der Waals surface area contributed by atoms with Crippen LogP contribution in [0.15, 0.2) is 18.2 Å². The van der Waals surface area contributed by atoms with Gasteiger partial charge in [0.1, 0.15) is 5.82 Å². The van der Waals surface area contributed by atoms with E-state index in [2.05, 4.69) is 30.8 Å².